The molecule has 0 heterocycles. The van der Waals surface area contributed by atoms with Gasteiger partial charge in [-0.15, -0.1) is 0 Å². The molecule has 0 aliphatic rings. The standard InChI is InChI=1S/C14H12FNO5/c15-9-3-1-7(14(20)21)5-10(9)16-6-8-2-4-11(17)13(19)12(8)18/h1-5,16-19H,6H2,(H,20,21). The summed E-state index contributed by atoms with van der Waals surface area (Å²) in [4.78, 5) is 10.8. The smallest absolute Gasteiger partial charge is 0.335 e. The highest BCUT2D eigenvalue weighted by Crippen LogP contribution is 2.37. The van der Waals surface area contributed by atoms with Crippen molar-refractivity contribution in [2.45, 2.75) is 6.54 Å². The van der Waals surface area contributed by atoms with E-state index in [1.54, 1.807) is 0 Å². The minimum atomic E-state index is -1.19. The molecule has 110 valence electrons. The van der Waals surface area contributed by atoms with Crippen molar-refractivity contribution >= 4 is 11.7 Å². The SMILES string of the molecule is O=C(O)c1ccc(F)c(NCc2ccc(O)c(O)c2O)c1. The molecule has 0 aliphatic carbocycles. The Morgan fingerprint density at radius 3 is 2.48 bits per heavy atom. The monoisotopic (exact) mass is 293 g/mol. The molecule has 0 amide bonds. The molecule has 0 unspecified atom stereocenters. The average molecular weight is 293 g/mol. The van der Waals surface area contributed by atoms with E-state index in [-0.39, 0.29) is 23.4 Å². The van der Waals surface area contributed by atoms with Crippen LogP contribution in [0.25, 0.3) is 0 Å². The fourth-order valence-electron chi connectivity index (χ4n) is 1.74. The topological polar surface area (TPSA) is 110 Å². The molecule has 0 fully saturated rings. The number of carboxylic acid groups (broad SMARTS) is 1. The van der Waals surface area contributed by atoms with Crippen LogP contribution in [0.2, 0.25) is 0 Å². The zero-order chi connectivity index (χ0) is 15.6. The van der Waals surface area contributed by atoms with Gasteiger partial charge in [0.15, 0.2) is 11.5 Å². The first-order valence-electron chi connectivity index (χ1n) is 5.89. The molecule has 7 heteroatoms. The number of halogens is 1. The van der Waals surface area contributed by atoms with Gasteiger partial charge in [-0.3, -0.25) is 0 Å². The summed E-state index contributed by atoms with van der Waals surface area (Å²) in [6.07, 6.45) is 0. The second-order valence-corrected chi connectivity index (χ2v) is 4.29. The lowest BCUT2D eigenvalue weighted by Gasteiger charge is -2.11. The number of rotatable bonds is 4. The van der Waals surface area contributed by atoms with Gasteiger partial charge >= 0.3 is 5.97 Å². The van der Waals surface area contributed by atoms with Crippen molar-refractivity contribution in [3.05, 3.63) is 47.3 Å². The summed E-state index contributed by atoms with van der Waals surface area (Å²) in [6.45, 7) is -0.0698. The molecule has 2 aromatic rings. The lowest BCUT2D eigenvalue weighted by atomic mass is 10.1. The number of phenolic OH excluding ortho intramolecular Hbond substituents is 3. The van der Waals surface area contributed by atoms with Crippen LogP contribution in [0.4, 0.5) is 10.1 Å². The Kier molecular flexibility index (Phi) is 3.84. The third kappa shape index (κ3) is 2.97. The van der Waals surface area contributed by atoms with Gasteiger partial charge in [0.25, 0.3) is 0 Å². The van der Waals surface area contributed by atoms with E-state index in [9.17, 15) is 24.5 Å². The Labute approximate surface area is 118 Å². The maximum atomic E-state index is 13.6. The molecule has 6 nitrogen and oxygen atoms in total. The summed E-state index contributed by atoms with van der Waals surface area (Å²) in [5, 5.41) is 39.7. The normalized spacial score (nSPS) is 10.3. The van der Waals surface area contributed by atoms with E-state index < -0.39 is 29.0 Å². The van der Waals surface area contributed by atoms with Crippen LogP contribution in [0.1, 0.15) is 15.9 Å². The molecule has 0 saturated carbocycles. The molecule has 5 N–H and O–H groups in total. The molecule has 2 aromatic carbocycles. The molecule has 0 bridgehead atoms. The molecule has 0 aliphatic heterocycles. The van der Waals surface area contributed by atoms with E-state index in [0.717, 1.165) is 18.2 Å². The zero-order valence-electron chi connectivity index (χ0n) is 10.7. The van der Waals surface area contributed by atoms with E-state index in [0.29, 0.717) is 0 Å². The van der Waals surface area contributed by atoms with Gasteiger partial charge < -0.3 is 25.7 Å². The summed E-state index contributed by atoms with van der Waals surface area (Å²) >= 11 is 0. The van der Waals surface area contributed by atoms with Crippen molar-refractivity contribution in [2.24, 2.45) is 0 Å². The van der Waals surface area contributed by atoms with E-state index in [1.807, 2.05) is 0 Å². The van der Waals surface area contributed by atoms with Crippen LogP contribution in [0.3, 0.4) is 0 Å². The van der Waals surface area contributed by atoms with Gasteiger partial charge in [0.1, 0.15) is 5.82 Å². The Morgan fingerprint density at radius 1 is 1.10 bits per heavy atom. The summed E-state index contributed by atoms with van der Waals surface area (Å²) < 4.78 is 13.6. The van der Waals surface area contributed by atoms with Crippen molar-refractivity contribution in [1.82, 2.24) is 0 Å². The Hall–Kier alpha value is -2.96. The largest absolute Gasteiger partial charge is 0.504 e. The molecule has 21 heavy (non-hydrogen) atoms. The van der Waals surface area contributed by atoms with Crippen molar-refractivity contribution in [3.8, 4) is 17.2 Å². The summed E-state index contributed by atoms with van der Waals surface area (Å²) in [5.74, 6) is -3.52. The Balaban J connectivity index is 2.22. The lowest BCUT2D eigenvalue weighted by molar-refractivity contribution is 0.0697. The van der Waals surface area contributed by atoms with E-state index >= 15 is 0 Å². The van der Waals surface area contributed by atoms with E-state index in [2.05, 4.69) is 5.32 Å². The first kappa shape index (κ1) is 14.4. The van der Waals surface area contributed by atoms with Gasteiger partial charge in [0.05, 0.1) is 11.3 Å². The molecular weight excluding hydrogens is 281 g/mol. The molecule has 0 radical (unpaired) electrons. The second-order valence-electron chi connectivity index (χ2n) is 4.29. The highest BCUT2D eigenvalue weighted by molar-refractivity contribution is 5.88. The van der Waals surface area contributed by atoms with Crippen LogP contribution < -0.4 is 5.32 Å². The van der Waals surface area contributed by atoms with Gasteiger partial charge in [0, 0.05) is 12.1 Å². The predicted molar refractivity (Wildman–Crippen MR) is 72.1 cm³/mol. The molecule has 2 rings (SSSR count). The van der Waals surface area contributed by atoms with Gasteiger partial charge in [-0.25, -0.2) is 9.18 Å². The fraction of sp³-hybridized carbons (Fsp3) is 0.0714. The summed E-state index contributed by atoms with van der Waals surface area (Å²) in [7, 11) is 0. The first-order chi connectivity index (χ1) is 9.90. The number of hydrogen-bond donors (Lipinski definition) is 5. The average Bonchev–Trinajstić information content (AvgIpc) is 2.45. The zero-order valence-corrected chi connectivity index (χ0v) is 10.7. The van der Waals surface area contributed by atoms with Crippen LogP contribution in [0.5, 0.6) is 17.2 Å². The van der Waals surface area contributed by atoms with Gasteiger partial charge in [0.2, 0.25) is 5.75 Å². The summed E-state index contributed by atoms with van der Waals surface area (Å²) in [6, 6.07) is 5.79. The number of carbonyl (C=O) groups is 1. The predicted octanol–water partition coefficient (Wildman–Crippen LogP) is 2.25. The number of benzene rings is 2. The first-order valence-corrected chi connectivity index (χ1v) is 5.89. The molecular formula is C14H12FNO5. The molecule has 0 spiro atoms. The number of hydrogen-bond acceptors (Lipinski definition) is 5. The van der Waals surface area contributed by atoms with Crippen LogP contribution in [0, 0.1) is 5.82 Å². The van der Waals surface area contributed by atoms with Crippen LogP contribution in [0.15, 0.2) is 30.3 Å². The number of anilines is 1. The quantitative estimate of drug-likeness (QED) is 0.553. The van der Waals surface area contributed by atoms with Gasteiger partial charge in [-0.2, -0.15) is 0 Å². The van der Waals surface area contributed by atoms with Crippen molar-refractivity contribution in [3.63, 3.8) is 0 Å². The Bertz CT molecular complexity index is 702. The molecule has 0 aromatic heterocycles. The van der Waals surface area contributed by atoms with Crippen molar-refractivity contribution in [2.75, 3.05) is 5.32 Å². The molecule has 0 saturated heterocycles. The number of nitrogens with one attached hydrogen (secondary N) is 1. The highest BCUT2D eigenvalue weighted by Gasteiger charge is 2.12. The third-order valence-corrected chi connectivity index (χ3v) is 2.90. The highest BCUT2D eigenvalue weighted by atomic mass is 19.1. The molecule has 0 atom stereocenters. The summed E-state index contributed by atoms with van der Waals surface area (Å²) in [5.41, 5.74) is 0.0731. The fourth-order valence-corrected chi connectivity index (χ4v) is 1.74. The van der Waals surface area contributed by atoms with Crippen molar-refractivity contribution in [1.29, 1.82) is 0 Å². The van der Waals surface area contributed by atoms with Crippen LogP contribution in [-0.4, -0.2) is 26.4 Å². The van der Waals surface area contributed by atoms with Crippen LogP contribution >= 0.6 is 0 Å². The third-order valence-electron chi connectivity index (χ3n) is 2.90. The number of carboxylic acids is 1. The maximum Gasteiger partial charge on any atom is 0.335 e. The maximum absolute atomic E-state index is 13.6. The number of aromatic hydroxyl groups is 3. The minimum Gasteiger partial charge on any atom is -0.504 e. The van der Waals surface area contributed by atoms with Gasteiger partial charge in [-0.05, 0) is 30.3 Å². The second kappa shape index (κ2) is 5.58. The van der Waals surface area contributed by atoms with E-state index in [4.69, 9.17) is 5.11 Å². The number of phenols is 3. The van der Waals surface area contributed by atoms with Crippen LogP contribution in [-0.2, 0) is 6.54 Å². The minimum absolute atomic E-state index is 0.0538. The van der Waals surface area contributed by atoms with Crippen molar-refractivity contribution < 1.29 is 29.6 Å². The van der Waals surface area contributed by atoms with E-state index in [1.165, 1.54) is 12.1 Å². The lowest BCUT2D eigenvalue weighted by Crippen LogP contribution is -2.04. The Morgan fingerprint density at radius 2 is 1.81 bits per heavy atom. The number of aromatic carboxylic acids is 1. The van der Waals surface area contributed by atoms with Gasteiger partial charge in [-0.1, -0.05) is 0 Å².